The summed E-state index contributed by atoms with van der Waals surface area (Å²) in [5, 5.41) is 3.04. The Kier molecular flexibility index (Phi) is 3.84. The van der Waals surface area contributed by atoms with E-state index >= 15 is 0 Å². The number of nitrogens with one attached hydrogen (secondary N) is 1. The van der Waals surface area contributed by atoms with Crippen LogP contribution in [0.4, 0.5) is 0 Å². The lowest BCUT2D eigenvalue weighted by Gasteiger charge is -2.29. The number of nitrogens with zero attached hydrogens (tertiary/aromatic N) is 1. The third-order valence-electron chi connectivity index (χ3n) is 3.79. The smallest absolute Gasteiger partial charge is 0.251 e. The van der Waals surface area contributed by atoms with Gasteiger partial charge in [0.2, 0.25) is 0 Å². The van der Waals surface area contributed by atoms with Crippen molar-refractivity contribution in [2.75, 3.05) is 0 Å². The van der Waals surface area contributed by atoms with Gasteiger partial charge < -0.3 is 9.88 Å². The first-order valence-electron chi connectivity index (χ1n) is 6.55. The molecule has 0 saturated heterocycles. The van der Waals surface area contributed by atoms with Crippen LogP contribution in [0, 0.1) is 5.92 Å². The van der Waals surface area contributed by atoms with Crippen LogP contribution in [0.3, 0.4) is 0 Å². The molecule has 1 aliphatic rings. The third kappa shape index (κ3) is 2.81. The molecule has 98 valence electrons. The van der Waals surface area contributed by atoms with Crippen LogP contribution in [0.15, 0.2) is 23.1 Å². The Morgan fingerprint density at radius 3 is 2.78 bits per heavy atom. The maximum absolute atomic E-state index is 12.1. The lowest BCUT2D eigenvalue weighted by molar-refractivity contribution is 0.0910. The Labute approximate surface area is 107 Å². The highest BCUT2D eigenvalue weighted by Crippen LogP contribution is 2.23. The first-order valence-corrected chi connectivity index (χ1v) is 6.55. The van der Waals surface area contributed by atoms with Crippen molar-refractivity contribution < 1.29 is 4.79 Å². The van der Waals surface area contributed by atoms with E-state index in [1.54, 1.807) is 19.3 Å². The molecule has 4 heteroatoms. The minimum absolute atomic E-state index is 0.133. The number of carbonyl (C=O) groups excluding carboxylic acids is 1. The van der Waals surface area contributed by atoms with Crippen LogP contribution in [0.2, 0.25) is 0 Å². The van der Waals surface area contributed by atoms with Gasteiger partial charge in [-0.1, -0.05) is 19.8 Å². The van der Waals surface area contributed by atoms with Gasteiger partial charge in [0.05, 0.1) is 0 Å². The lowest BCUT2D eigenvalue weighted by atomic mass is 9.86. The highest BCUT2D eigenvalue weighted by Gasteiger charge is 2.23. The highest BCUT2D eigenvalue weighted by molar-refractivity contribution is 5.94. The average Bonchev–Trinajstić information content (AvgIpc) is 2.35. The van der Waals surface area contributed by atoms with Crippen LogP contribution in [-0.4, -0.2) is 16.5 Å². The molecule has 0 radical (unpaired) electrons. The van der Waals surface area contributed by atoms with Crippen LogP contribution in [0.25, 0.3) is 0 Å². The van der Waals surface area contributed by atoms with E-state index < -0.39 is 0 Å². The van der Waals surface area contributed by atoms with Gasteiger partial charge in [0, 0.05) is 30.9 Å². The Balaban J connectivity index is 2.07. The van der Waals surface area contributed by atoms with Crippen LogP contribution < -0.4 is 10.9 Å². The zero-order chi connectivity index (χ0) is 13.1. The molecule has 2 rings (SSSR count). The van der Waals surface area contributed by atoms with Crippen LogP contribution in [0.1, 0.15) is 43.0 Å². The molecule has 2 atom stereocenters. The minimum atomic E-state index is -0.153. The first kappa shape index (κ1) is 12.9. The summed E-state index contributed by atoms with van der Waals surface area (Å²) in [5.41, 5.74) is 0.301. The van der Waals surface area contributed by atoms with Crippen molar-refractivity contribution in [3.8, 4) is 0 Å². The van der Waals surface area contributed by atoms with E-state index in [1.165, 1.54) is 29.9 Å². The second-order valence-corrected chi connectivity index (χ2v) is 5.21. The number of pyridine rings is 1. The number of carbonyl (C=O) groups is 1. The second kappa shape index (κ2) is 5.38. The number of hydrogen-bond acceptors (Lipinski definition) is 2. The van der Waals surface area contributed by atoms with Crippen molar-refractivity contribution >= 4 is 5.91 Å². The predicted molar refractivity (Wildman–Crippen MR) is 70.6 cm³/mol. The maximum atomic E-state index is 12.1. The van der Waals surface area contributed by atoms with E-state index in [0.717, 1.165) is 6.42 Å². The van der Waals surface area contributed by atoms with Crippen molar-refractivity contribution in [1.82, 2.24) is 9.88 Å². The van der Waals surface area contributed by atoms with Gasteiger partial charge in [0.1, 0.15) is 0 Å². The summed E-state index contributed by atoms with van der Waals surface area (Å²) in [6, 6.07) is 3.32. The molecule has 0 spiro atoms. The van der Waals surface area contributed by atoms with Gasteiger partial charge >= 0.3 is 0 Å². The Bertz CT molecular complexity index is 493. The molecule has 1 aliphatic carbocycles. The summed E-state index contributed by atoms with van der Waals surface area (Å²) in [6.45, 7) is 2.17. The molecule has 4 nitrogen and oxygen atoms in total. The molecule has 1 aromatic rings. The molecule has 1 heterocycles. The Morgan fingerprint density at radius 2 is 2.11 bits per heavy atom. The topological polar surface area (TPSA) is 51.1 Å². The molecule has 1 saturated carbocycles. The molecule has 1 N–H and O–H groups in total. The third-order valence-corrected chi connectivity index (χ3v) is 3.79. The van der Waals surface area contributed by atoms with E-state index in [-0.39, 0.29) is 17.5 Å². The zero-order valence-corrected chi connectivity index (χ0v) is 11.0. The highest BCUT2D eigenvalue weighted by atomic mass is 16.2. The van der Waals surface area contributed by atoms with Crippen LogP contribution in [0.5, 0.6) is 0 Å². The van der Waals surface area contributed by atoms with Gasteiger partial charge in [-0.15, -0.1) is 0 Å². The predicted octanol–water partition coefficient (Wildman–Crippen LogP) is 1.69. The number of amides is 1. The molecule has 1 fully saturated rings. The largest absolute Gasteiger partial charge is 0.349 e. The van der Waals surface area contributed by atoms with Gasteiger partial charge in [-0.2, -0.15) is 0 Å². The monoisotopic (exact) mass is 248 g/mol. The first-order chi connectivity index (χ1) is 8.58. The van der Waals surface area contributed by atoms with E-state index in [9.17, 15) is 9.59 Å². The van der Waals surface area contributed by atoms with Gasteiger partial charge in [-0.25, -0.2) is 0 Å². The van der Waals surface area contributed by atoms with Crippen molar-refractivity contribution in [2.24, 2.45) is 13.0 Å². The summed E-state index contributed by atoms with van der Waals surface area (Å²) in [6.07, 6.45) is 6.26. The van der Waals surface area contributed by atoms with Crippen LogP contribution in [-0.2, 0) is 7.05 Å². The molecule has 18 heavy (non-hydrogen) atoms. The molecule has 0 bridgehead atoms. The fourth-order valence-electron chi connectivity index (χ4n) is 2.47. The normalized spacial score (nSPS) is 23.7. The zero-order valence-electron chi connectivity index (χ0n) is 11.0. The van der Waals surface area contributed by atoms with E-state index in [4.69, 9.17) is 0 Å². The quantitative estimate of drug-likeness (QED) is 0.866. The molecular formula is C14H20N2O2. The number of hydrogen-bond donors (Lipinski definition) is 1. The number of aromatic nitrogens is 1. The van der Waals surface area contributed by atoms with Crippen molar-refractivity contribution in [3.05, 3.63) is 34.2 Å². The van der Waals surface area contributed by atoms with Gasteiger partial charge in [-0.05, 0) is 24.8 Å². The van der Waals surface area contributed by atoms with E-state index in [0.29, 0.717) is 11.5 Å². The summed E-state index contributed by atoms with van der Waals surface area (Å²) < 4.78 is 1.46. The average molecular weight is 248 g/mol. The van der Waals surface area contributed by atoms with Gasteiger partial charge in [0.15, 0.2) is 0 Å². The Morgan fingerprint density at radius 1 is 1.39 bits per heavy atom. The fourth-order valence-corrected chi connectivity index (χ4v) is 2.47. The number of rotatable bonds is 2. The fraction of sp³-hybridized carbons (Fsp3) is 0.571. The van der Waals surface area contributed by atoms with Crippen molar-refractivity contribution in [3.63, 3.8) is 0 Å². The van der Waals surface area contributed by atoms with Gasteiger partial charge in [0.25, 0.3) is 11.5 Å². The van der Waals surface area contributed by atoms with Crippen molar-refractivity contribution in [1.29, 1.82) is 0 Å². The lowest BCUT2D eigenvalue weighted by Crippen LogP contribution is -2.41. The minimum Gasteiger partial charge on any atom is -0.349 e. The molecule has 2 unspecified atom stereocenters. The Hall–Kier alpha value is -1.58. The number of aryl methyl sites for hydroxylation is 1. The van der Waals surface area contributed by atoms with E-state index in [1.807, 2.05) is 0 Å². The molecular weight excluding hydrogens is 228 g/mol. The molecule has 1 amide bonds. The van der Waals surface area contributed by atoms with E-state index in [2.05, 4.69) is 12.2 Å². The van der Waals surface area contributed by atoms with Crippen molar-refractivity contribution in [2.45, 2.75) is 38.6 Å². The summed E-state index contributed by atoms with van der Waals surface area (Å²) >= 11 is 0. The standard InChI is InChI=1S/C14H20N2O2/c1-10-5-3-4-6-12(10)15-14(18)11-7-8-16(2)13(17)9-11/h7-10,12H,3-6H2,1-2H3,(H,15,18). The molecule has 0 aliphatic heterocycles. The summed E-state index contributed by atoms with van der Waals surface area (Å²) in [4.78, 5) is 23.5. The second-order valence-electron chi connectivity index (χ2n) is 5.21. The van der Waals surface area contributed by atoms with Crippen LogP contribution >= 0.6 is 0 Å². The summed E-state index contributed by atoms with van der Waals surface area (Å²) in [5.74, 6) is 0.390. The SMILES string of the molecule is CC1CCCCC1NC(=O)c1ccn(C)c(=O)c1. The van der Waals surface area contributed by atoms with Gasteiger partial charge in [-0.3, -0.25) is 9.59 Å². The summed E-state index contributed by atoms with van der Waals surface area (Å²) in [7, 11) is 1.67. The molecule has 1 aromatic heterocycles. The molecule has 0 aromatic carbocycles. The maximum Gasteiger partial charge on any atom is 0.251 e.